The molecule has 0 aliphatic carbocycles. The van der Waals surface area contributed by atoms with Crippen LogP contribution < -0.4 is 15.6 Å². The first-order valence-electron chi connectivity index (χ1n) is 5.93. The topological polar surface area (TPSA) is 108 Å². The molecule has 0 radical (unpaired) electrons. The van der Waals surface area contributed by atoms with Crippen molar-refractivity contribution < 1.29 is 19.4 Å². The van der Waals surface area contributed by atoms with Crippen LogP contribution in [-0.4, -0.2) is 29.1 Å². The number of carboxylic acid groups (broad SMARTS) is 1. The maximum atomic E-state index is 12.1. The van der Waals surface area contributed by atoms with E-state index in [1.165, 1.54) is 43.6 Å². The standard InChI is InChI=1S/C14H12N2O5/c1-21-11-5-4-8(14(19)20)7-10(11)16-13(18)9-3-2-6-15-12(9)17/h2-7H,1H3,(H,15,17)(H,16,18)(H,19,20). The molecule has 0 fully saturated rings. The molecule has 0 aliphatic rings. The van der Waals surface area contributed by atoms with Crippen molar-refractivity contribution in [2.75, 3.05) is 12.4 Å². The highest BCUT2D eigenvalue weighted by Gasteiger charge is 2.14. The van der Waals surface area contributed by atoms with Crippen LogP contribution in [0.5, 0.6) is 5.75 Å². The molecule has 0 saturated carbocycles. The Kier molecular flexibility index (Phi) is 4.03. The number of carboxylic acids is 1. The van der Waals surface area contributed by atoms with Crippen LogP contribution in [0.2, 0.25) is 0 Å². The summed E-state index contributed by atoms with van der Waals surface area (Å²) in [6.45, 7) is 0. The SMILES string of the molecule is COc1ccc(C(=O)O)cc1NC(=O)c1ccc[nH]c1=O. The molecule has 0 unspecified atom stereocenters. The van der Waals surface area contributed by atoms with Gasteiger partial charge in [-0.1, -0.05) is 0 Å². The maximum Gasteiger partial charge on any atom is 0.335 e. The van der Waals surface area contributed by atoms with Crippen LogP contribution in [-0.2, 0) is 0 Å². The summed E-state index contributed by atoms with van der Waals surface area (Å²) in [5.74, 6) is -1.50. The Bertz CT molecular complexity index is 751. The number of methoxy groups -OCH3 is 1. The molecule has 21 heavy (non-hydrogen) atoms. The molecule has 1 aromatic heterocycles. The summed E-state index contributed by atoms with van der Waals surface area (Å²) in [4.78, 5) is 36.9. The van der Waals surface area contributed by atoms with E-state index in [2.05, 4.69) is 10.3 Å². The van der Waals surface area contributed by atoms with Crippen molar-refractivity contribution in [3.05, 3.63) is 58.0 Å². The lowest BCUT2D eigenvalue weighted by molar-refractivity contribution is 0.0696. The third-order valence-corrected chi connectivity index (χ3v) is 2.76. The van der Waals surface area contributed by atoms with Gasteiger partial charge in [0.05, 0.1) is 18.4 Å². The van der Waals surface area contributed by atoms with E-state index < -0.39 is 17.4 Å². The van der Waals surface area contributed by atoms with Crippen molar-refractivity contribution in [3.8, 4) is 5.75 Å². The summed E-state index contributed by atoms with van der Waals surface area (Å²) >= 11 is 0. The van der Waals surface area contributed by atoms with Crippen LogP contribution in [0, 0.1) is 0 Å². The number of aromatic amines is 1. The summed E-state index contributed by atoms with van der Waals surface area (Å²) in [5.41, 5.74) is -0.456. The second kappa shape index (κ2) is 5.91. The number of ether oxygens (including phenoxy) is 1. The lowest BCUT2D eigenvalue weighted by Gasteiger charge is -2.10. The first-order chi connectivity index (χ1) is 10.0. The van der Waals surface area contributed by atoms with Crippen LogP contribution in [0.15, 0.2) is 41.3 Å². The van der Waals surface area contributed by atoms with E-state index in [1.54, 1.807) is 0 Å². The molecule has 0 atom stereocenters. The third kappa shape index (κ3) is 3.08. The van der Waals surface area contributed by atoms with Crippen molar-refractivity contribution in [2.45, 2.75) is 0 Å². The van der Waals surface area contributed by atoms with Crippen molar-refractivity contribution in [1.82, 2.24) is 4.98 Å². The van der Waals surface area contributed by atoms with Crippen LogP contribution in [0.3, 0.4) is 0 Å². The summed E-state index contributed by atoms with van der Waals surface area (Å²) < 4.78 is 5.05. The largest absolute Gasteiger partial charge is 0.495 e. The molecule has 0 bridgehead atoms. The highest BCUT2D eigenvalue weighted by atomic mass is 16.5. The summed E-state index contributed by atoms with van der Waals surface area (Å²) in [6, 6.07) is 6.92. The van der Waals surface area contributed by atoms with Crippen LogP contribution in [0.1, 0.15) is 20.7 Å². The molecule has 2 rings (SSSR count). The fraction of sp³-hybridized carbons (Fsp3) is 0.0714. The number of aromatic nitrogens is 1. The molecule has 7 nitrogen and oxygen atoms in total. The quantitative estimate of drug-likeness (QED) is 0.786. The van der Waals surface area contributed by atoms with Gasteiger partial charge in [0.2, 0.25) is 0 Å². The second-order valence-electron chi connectivity index (χ2n) is 4.09. The molecule has 1 heterocycles. The van der Waals surface area contributed by atoms with Gasteiger partial charge in [-0.05, 0) is 30.3 Å². The number of anilines is 1. The van der Waals surface area contributed by atoms with E-state index in [4.69, 9.17) is 9.84 Å². The molecule has 108 valence electrons. The molecule has 0 spiro atoms. The zero-order chi connectivity index (χ0) is 15.4. The molecule has 2 aromatic rings. The number of H-pyrrole nitrogens is 1. The Hall–Kier alpha value is -3.09. The predicted octanol–water partition coefficient (Wildman–Crippen LogP) is 1.33. The number of pyridine rings is 1. The number of hydrogen-bond acceptors (Lipinski definition) is 4. The van der Waals surface area contributed by atoms with Gasteiger partial charge in [-0.3, -0.25) is 9.59 Å². The van der Waals surface area contributed by atoms with Crippen molar-refractivity contribution in [3.63, 3.8) is 0 Å². The van der Waals surface area contributed by atoms with Gasteiger partial charge < -0.3 is 20.1 Å². The minimum Gasteiger partial charge on any atom is -0.495 e. The van der Waals surface area contributed by atoms with Crippen LogP contribution in [0.25, 0.3) is 0 Å². The number of benzene rings is 1. The Morgan fingerprint density at radius 3 is 2.67 bits per heavy atom. The summed E-state index contributed by atoms with van der Waals surface area (Å²) in [5, 5.41) is 11.4. The number of aromatic carboxylic acids is 1. The van der Waals surface area contributed by atoms with Gasteiger partial charge in [0.25, 0.3) is 11.5 Å². The zero-order valence-electron chi connectivity index (χ0n) is 11.0. The van der Waals surface area contributed by atoms with Crippen molar-refractivity contribution >= 4 is 17.6 Å². The Labute approximate surface area is 119 Å². The fourth-order valence-corrected chi connectivity index (χ4v) is 1.73. The van der Waals surface area contributed by atoms with E-state index in [0.29, 0.717) is 5.75 Å². The number of hydrogen-bond donors (Lipinski definition) is 3. The van der Waals surface area contributed by atoms with Gasteiger partial charge >= 0.3 is 5.97 Å². The molecule has 0 aliphatic heterocycles. The highest BCUT2D eigenvalue weighted by Crippen LogP contribution is 2.25. The smallest absolute Gasteiger partial charge is 0.335 e. The molecular formula is C14H12N2O5. The van der Waals surface area contributed by atoms with Gasteiger partial charge in [-0.25, -0.2) is 4.79 Å². The van der Waals surface area contributed by atoms with Gasteiger partial charge in [-0.15, -0.1) is 0 Å². The Morgan fingerprint density at radius 1 is 1.29 bits per heavy atom. The van der Waals surface area contributed by atoms with Crippen LogP contribution in [0.4, 0.5) is 5.69 Å². The van der Waals surface area contributed by atoms with Crippen molar-refractivity contribution in [1.29, 1.82) is 0 Å². The zero-order valence-corrected chi connectivity index (χ0v) is 11.0. The van der Waals surface area contributed by atoms with E-state index in [1.807, 2.05) is 0 Å². The van der Waals surface area contributed by atoms with E-state index >= 15 is 0 Å². The number of carbonyl (C=O) groups excluding carboxylic acids is 1. The molecule has 7 heteroatoms. The lowest BCUT2D eigenvalue weighted by Crippen LogP contribution is -2.22. The van der Waals surface area contributed by atoms with Gasteiger partial charge in [-0.2, -0.15) is 0 Å². The molecule has 1 amide bonds. The lowest BCUT2D eigenvalue weighted by atomic mass is 10.1. The number of amides is 1. The second-order valence-corrected chi connectivity index (χ2v) is 4.09. The average molecular weight is 288 g/mol. The molecule has 3 N–H and O–H groups in total. The number of rotatable bonds is 4. The van der Waals surface area contributed by atoms with E-state index in [-0.39, 0.29) is 16.8 Å². The average Bonchev–Trinajstić information content (AvgIpc) is 2.47. The Balaban J connectivity index is 2.36. The van der Waals surface area contributed by atoms with E-state index in [9.17, 15) is 14.4 Å². The number of carbonyl (C=O) groups is 2. The fourth-order valence-electron chi connectivity index (χ4n) is 1.73. The Morgan fingerprint density at radius 2 is 2.05 bits per heavy atom. The maximum absolute atomic E-state index is 12.1. The van der Waals surface area contributed by atoms with Gasteiger partial charge in [0.15, 0.2) is 0 Å². The minimum atomic E-state index is -1.13. The van der Waals surface area contributed by atoms with Gasteiger partial charge in [0, 0.05) is 6.20 Å². The monoisotopic (exact) mass is 288 g/mol. The molecule has 0 saturated heterocycles. The summed E-state index contributed by atoms with van der Waals surface area (Å²) in [6.07, 6.45) is 1.41. The minimum absolute atomic E-state index is 0.00642. The van der Waals surface area contributed by atoms with E-state index in [0.717, 1.165) is 0 Å². The van der Waals surface area contributed by atoms with Crippen LogP contribution >= 0.6 is 0 Å². The number of nitrogens with one attached hydrogen (secondary N) is 2. The van der Waals surface area contributed by atoms with Gasteiger partial charge in [0.1, 0.15) is 11.3 Å². The third-order valence-electron chi connectivity index (χ3n) is 2.76. The highest BCUT2D eigenvalue weighted by molar-refractivity contribution is 6.05. The first kappa shape index (κ1) is 14.3. The molecular weight excluding hydrogens is 276 g/mol. The first-order valence-corrected chi connectivity index (χ1v) is 5.93. The van der Waals surface area contributed by atoms with Crippen molar-refractivity contribution in [2.24, 2.45) is 0 Å². The normalized spacial score (nSPS) is 9.95. The summed E-state index contributed by atoms with van der Waals surface area (Å²) in [7, 11) is 1.39. The predicted molar refractivity (Wildman–Crippen MR) is 75.0 cm³/mol. The molecule has 1 aromatic carbocycles.